The van der Waals surface area contributed by atoms with E-state index in [2.05, 4.69) is 10.3 Å². The number of aromatic nitrogens is 1. The first-order valence-corrected chi connectivity index (χ1v) is 7.37. The molecule has 0 saturated heterocycles. The van der Waals surface area contributed by atoms with E-state index in [9.17, 15) is 4.79 Å². The minimum absolute atomic E-state index is 0.290. The molecule has 0 fully saturated rings. The molecule has 0 aliphatic heterocycles. The molecule has 1 aromatic carbocycles. The summed E-state index contributed by atoms with van der Waals surface area (Å²) in [5.41, 5.74) is 0.855. The molecular weight excluding hydrogens is 343 g/mol. The zero-order valence-electron chi connectivity index (χ0n) is 10.2. The minimum Gasteiger partial charge on any atom is -0.465 e. The predicted molar refractivity (Wildman–Crippen MR) is 82.3 cm³/mol. The Kier molecular flexibility index (Phi) is 5.10. The molecule has 20 heavy (non-hydrogen) atoms. The number of ether oxygens (including phenoxy) is 1. The summed E-state index contributed by atoms with van der Waals surface area (Å²) in [7, 11) is 1.30. The Morgan fingerprint density at radius 3 is 2.65 bits per heavy atom. The van der Waals surface area contributed by atoms with Crippen molar-refractivity contribution in [1.29, 1.82) is 0 Å². The van der Waals surface area contributed by atoms with Crippen LogP contribution in [0.2, 0.25) is 14.5 Å². The lowest BCUT2D eigenvalue weighted by molar-refractivity contribution is 0.0602. The summed E-state index contributed by atoms with van der Waals surface area (Å²) in [4.78, 5) is 16.6. The van der Waals surface area contributed by atoms with Gasteiger partial charge in [-0.3, -0.25) is 0 Å². The van der Waals surface area contributed by atoms with Crippen molar-refractivity contribution in [3.63, 3.8) is 0 Å². The van der Waals surface area contributed by atoms with Gasteiger partial charge in [0, 0.05) is 11.1 Å². The second-order valence-electron chi connectivity index (χ2n) is 3.74. The van der Waals surface area contributed by atoms with Gasteiger partial charge in [0.2, 0.25) is 0 Å². The number of hydrogen-bond donors (Lipinski definition) is 1. The van der Waals surface area contributed by atoms with Crippen molar-refractivity contribution in [3.05, 3.63) is 43.3 Å². The average molecular weight is 352 g/mol. The van der Waals surface area contributed by atoms with Gasteiger partial charge in [0.25, 0.3) is 0 Å². The fraction of sp³-hybridized carbons (Fsp3) is 0.167. The molecule has 2 aromatic rings. The molecule has 0 atom stereocenters. The van der Waals surface area contributed by atoms with Crippen molar-refractivity contribution in [3.8, 4) is 0 Å². The first-order chi connectivity index (χ1) is 9.51. The largest absolute Gasteiger partial charge is 0.465 e. The maximum absolute atomic E-state index is 11.7. The van der Waals surface area contributed by atoms with Crippen LogP contribution in [0.4, 0.5) is 5.69 Å². The van der Waals surface area contributed by atoms with Gasteiger partial charge in [-0.25, -0.2) is 9.78 Å². The van der Waals surface area contributed by atoms with Gasteiger partial charge in [0.1, 0.15) is 0 Å². The lowest BCUT2D eigenvalue weighted by atomic mass is 10.1. The van der Waals surface area contributed by atoms with E-state index >= 15 is 0 Å². The van der Waals surface area contributed by atoms with E-state index in [1.54, 1.807) is 12.3 Å². The first kappa shape index (κ1) is 15.4. The van der Waals surface area contributed by atoms with Crippen LogP contribution in [0.1, 0.15) is 15.2 Å². The number of benzene rings is 1. The first-order valence-electron chi connectivity index (χ1n) is 5.42. The van der Waals surface area contributed by atoms with E-state index in [4.69, 9.17) is 39.5 Å². The third-order valence-electron chi connectivity index (χ3n) is 2.44. The van der Waals surface area contributed by atoms with Crippen molar-refractivity contribution in [2.24, 2.45) is 0 Å². The van der Waals surface area contributed by atoms with Crippen LogP contribution >= 0.6 is 46.1 Å². The molecule has 1 N–H and O–H groups in total. The van der Waals surface area contributed by atoms with Gasteiger partial charge in [-0.15, -0.1) is 11.3 Å². The summed E-state index contributed by atoms with van der Waals surface area (Å²) in [6, 6.07) is 3.05. The van der Waals surface area contributed by atoms with Crippen molar-refractivity contribution in [2.45, 2.75) is 6.54 Å². The lowest BCUT2D eigenvalue weighted by Gasteiger charge is -2.11. The van der Waals surface area contributed by atoms with E-state index in [0.717, 1.165) is 4.88 Å². The fourth-order valence-corrected chi connectivity index (χ4v) is 2.76. The number of rotatable bonds is 4. The van der Waals surface area contributed by atoms with Gasteiger partial charge in [-0.2, -0.15) is 0 Å². The molecule has 2 rings (SSSR count). The number of anilines is 1. The smallest absolute Gasteiger partial charge is 0.340 e. The van der Waals surface area contributed by atoms with Crippen LogP contribution in [-0.4, -0.2) is 18.1 Å². The predicted octanol–water partition coefficient (Wildman–Crippen LogP) is 4.50. The number of nitrogens with zero attached hydrogens (tertiary/aromatic N) is 1. The maximum Gasteiger partial charge on any atom is 0.340 e. The highest BCUT2D eigenvalue weighted by atomic mass is 35.5. The summed E-state index contributed by atoms with van der Waals surface area (Å²) in [6.07, 6.45) is 1.66. The molecule has 0 amide bonds. The number of thiazole rings is 1. The van der Waals surface area contributed by atoms with Crippen LogP contribution in [0.15, 0.2) is 18.3 Å². The quantitative estimate of drug-likeness (QED) is 0.824. The molecule has 0 saturated carbocycles. The van der Waals surface area contributed by atoms with Crippen LogP contribution < -0.4 is 5.32 Å². The summed E-state index contributed by atoms with van der Waals surface area (Å²) >= 11 is 19.0. The highest BCUT2D eigenvalue weighted by molar-refractivity contribution is 7.15. The molecule has 0 spiro atoms. The zero-order valence-corrected chi connectivity index (χ0v) is 13.3. The number of carbonyl (C=O) groups excluding carboxylic acids is 1. The van der Waals surface area contributed by atoms with Crippen LogP contribution in [0.25, 0.3) is 0 Å². The molecule has 106 valence electrons. The second kappa shape index (κ2) is 6.63. The number of halogens is 3. The number of esters is 1. The molecule has 8 heteroatoms. The average Bonchev–Trinajstić information content (AvgIpc) is 2.84. The van der Waals surface area contributed by atoms with E-state index in [0.29, 0.717) is 32.3 Å². The number of carbonyl (C=O) groups is 1. The van der Waals surface area contributed by atoms with E-state index in [1.807, 2.05) is 0 Å². The van der Waals surface area contributed by atoms with Gasteiger partial charge in [-0.1, -0.05) is 34.8 Å². The third kappa shape index (κ3) is 3.55. The van der Waals surface area contributed by atoms with Gasteiger partial charge in [0.05, 0.1) is 35.0 Å². The molecule has 0 aliphatic rings. The topological polar surface area (TPSA) is 51.2 Å². The van der Waals surface area contributed by atoms with Crippen molar-refractivity contribution in [1.82, 2.24) is 4.98 Å². The zero-order chi connectivity index (χ0) is 14.7. The Hall–Kier alpha value is -1.01. The van der Waals surface area contributed by atoms with Crippen LogP contribution in [-0.2, 0) is 11.3 Å². The number of methoxy groups -OCH3 is 1. The van der Waals surface area contributed by atoms with Crippen LogP contribution in [0, 0.1) is 0 Å². The molecule has 0 radical (unpaired) electrons. The van der Waals surface area contributed by atoms with E-state index < -0.39 is 5.97 Å². The summed E-state index contributed by atoms with van der Waals surface area (Å²) in [5.74, 6) is -0.492. The monoisotopic (exact) mass is 350 g/mol. The molecule has 0 unspecified atom stereocenters. The number of hydrogen-bond acceptors (Lipinski definition) is 5. The SMILES string of the molecule is COC(=O)c1cc(Cl)c(Cl)cc1NCc1cnc(Cl)s1. The Morgan fingerprint density at radius 1 is 1.35 bits per heavy atom. The maximum atomic E-state index is 11.7. The highest BCUT2D eigenvalue weighted by Gasteiger charge is 2.15. The lowest BCUT2D eigenvalue weighted by Crippen LogP contribution is -2.08. The molecule has 0 aliphatic carbocycles. The van der Waals surface area contributed by atoms with Crippen molar-refractivity contribution < 1.29 is 9.53 Å². The summed E-state index contributed by atoms with van der Waals surface area (Å²) in [6.45, 7) is 0.465. The van der Waals surface area contributed by atoms with Gasteiger partial charge in [0.15, 0.2) is 4.47 Å². The summed E-state index contributed by atoms with van der Waals surface area (Å²) in [5, 5.41) is 3.74. The molecule has 1 aromatic heterocycles. The Morgan fingerprint density at radius 2 is 2.05 bits per heavy atom. The molecular formula is C12H9Cl3N2O2S. The molecule has 0 bridgehead atoms. The van der Waals surface area contributed by atoms with E-state index in [1.165, 1.54) is 24.5 Å². The van der Waals surface area contributed by atoms with Gasteiger partial charge < -0.3 is 10.1 Å². The highest BCUT2D eigenvalue weighted by Crippen LogP contribution is 2.30. The second-order valence-corrected chi connectivity index (χ2v) is 6.25. The standard InChI is InChI=1S/C12H9Cl3N2O2S/c1-19-11(18)7-2-8(13)9(14)3-10(7)16-4-6-5-17-12(15)20-6/h2-3,5,16H,4H2,1H3. The number of nitrogens with one attached hydrogen (secondary N) is 1. The minimum atomic E-state index is -0.492. The molecule has 1 heterocycles. The normalized spacial score (nSPS) is 10.4. The van der Waals surface area contributed by atoms with Crippen molar-refractivity contribution >= 4 is 57.8 Å². The Bertz CT molecular complexity index is 646. The van der Waals surface area contributed by atoms with Crippen LogP contribution in [0.3, 0.4) is 0 Å². The third-order valence-corrected chi connectivity index (χ3v) is 4.28. The molecule has 4 nitrogen and oxygen atoms in total. The van der Waals surface area contributed by atoms with Crippen molar-refractivity contribution in [2.75, 3.05) is 12.4 Å². The van der Waals surface area contributed by atoms with E-state index in [-0.39, 0.29) is 0 Å². The summed E-state index contributed by atoms with van der Waals surface area (Å²) < 4.78 is 5.18. The van der Waals surface area contributed by atoms with Crippen LogP contribution in [0.5, 0.6) is 0 Å². The fourth-order valence-electron chi connectivity index (χ4n) is 1.52. The van der Waals surface area contributed by atoms with Gasteiger partial charge >= 0.3 is 5.97 Å². The van der Waals surface area contributed by atoms with Gasteiger partial charge in [-0.05, 0) is 12.1 Å². The Labute approximate surface area is 134 Å². The Balaban J connectivity index is 2.25.